The van der Waals surface area contributed by atoms with Crippen molar-refractivity contribution in [3.05, 3.63) is 11.5 Å². The maximum Gasteiger partial charge on any atom is 0.190 e. The van der Waals surface area contributed by atoms with Crippen molar-refractivity contribution >= 4 is 5.84 Å². The van der Waals surface area contributed by atoms with Gasteiger partial charge in [-0.15, -0.1) is 0 Å². The van der Waals surface area contributed by atoms with E-state index in [0.29, 0.717) is 6.54 Å². The minimum absolute atomic E-state index is 0.287. The summed E-state index contributed by atoms with van der Waals surface area (Å²) in [7, 11) is 0. The van der Waals surface area contributed by atoms with Gasteiger partial charge in [0, 0.05) is 5.57 Å². The topological polar surface area (TPSA) is 44.6 Å². The fourth-order valence-electron chi connectivity index (χ4n) is 0.867. The highest BCUT2D eigenvalue weighted by Gasteiger charge is 2.08. The van der Waals surface area contributed by atoms with Gasteiger partial charge in [-0.3, -0.25) is 4.99 Å². The lowest BCUT2D eigenvalue weighted by Crippen LogP contribution is -2.25. The van der Waals surface area contributed by atoms with Gasteiger partial charge < -0.3 is 10.4 Å². The van der Waals surface area contributed by atoms with E-state index in [1.54, 1.807) is 0 Å². The Hall–Kier alpha value is -0.990. The van der Waals surface area contributed by atoms with E-state index in [1.165, 1.54) is 0 Å². The monoisotopic (exact) mass is 140 g/mol. The summed E-state index contributed by atoms with van der Waals surface area (Å²) in [6.45, 7) is 4.48. The SMILES string of the molecule is CCC1=C(O)NC(C)=NC1. The minimum Gasteiger partial charge on any atom is -0.495 e. The molecule has 0 aliphatic carbocycles. The number of hydrogen-bond acceptors (Lipinski definition) is 3. The average molecular weight is 140 g/mol. The van der Waals surface area contributed by atoms with Crippen LogP contribution >= 0.6 is 0 Å². The largest absolute Gasteiger partial charge is 0.495 e. The quantitative estimate of drug-likeness (QED) is 0.574. The standard InChI is InChI=1S/C7H12N2O/c1-3-6-4-8-5(2)9-7(6)10/h10H,3-4H2,1-2H3,(H,8,9). The second-order valence-corrected chi connectivity index (χ2v) is 2.33. The predicted molar refractivity (Wildman–Crippen MR) is 41.1 cm³/mol. The Balaban J connectivity index is 2.68. The van der Waals surface area contributed by atoms with E-state index in [9.17, 15) is 5.11 Å². The maximum absolute atomic E-state index is 9.23. The van der Waals surface area contributed by atoms with Crippen LogP contribution in [0, 0.1) is 0 Å². The summed E-state index contributed by atoms with van der Waals surface area (Å²) in [6.07, 6.45) is 0.857. The number of aliphatic hydroxyl groups excluding tert-OH is 1. The van der Waals surface area contributed by atoms with E-state index < -0.39 is 0 Å². The third-order valence-electron chi connectivity index (χ3n) is 1.57. The lowest BCUT2D eigenvalue weighted by molar-refractivity contribution is 0.374. The molecule has 2 N–H and O–H groups in total. The van der Waals surface area contributed by atoms with Gasteiger partial charge in [0.1, 0.15) is 5.84 Å². The summed E-state index contributed by atoms with van der Waals surface area (Å²) in [4.78, 5) is 4.12. The van der Waals surface area contributed by atoms with Crippen molar-refractivity contribution in [1.82, 2.24) is 5.32 Å². The van der Waals surface area contributed by atoms with Crippen LogP contribution in [0.25, 0.3) is 0 Å². The molecule has 0 fully saturated rings. The number of nitrogens with zero attached hydrogens (tertiary/aromatic N) is 1. The maximum atomic E-state index is 9.23. The highest BCUT2D eigenvalue weighted by Crippen LogP contribution is 2.08. The zero-order chi connectivity index (χ0) is 7.56. The van der Waals surface area contributed by atoms with Crippen LogP contribution in [0.15, 0.2) is 16.4 Å². The summed E-state index contributed by atoms with van der Waals surface area (Å²) < 4.78 is 0. The molecular formula is C7H12N2O. The number of nitrogens with one attached hydrogen (secondary N) is 1. The first kappa shape index (κ1) is 7.12. The third-order valence-corrected chi connectivity index (χ3v) is 1.57. The van der Waals surface area contributed by atoms with Crippen molar-refractivity contribution in [2.45, 2.75) is 20.3 Å². The first-order chi connectivity index (χ1) is 4.74. The van der Waals surface area contributed by atoms with Crippen molar-refractivity contribution in [2.75, 3.05) is 6.54 Å². The summed E-state index contributed by atoms with van der Waals surface area (Å²) >= 11 is 0. The van der Waals surface area contributed by atoms with E-state index in [-0.39, 0.29) is 5.88 Å². The molecule has 3 heteroatoms. The van der Waals surface area contributed by atoms with Gasteiger partial charge in [0.05, 0.1) is 6.54 Å². The second kappa shape index (κ2) is 2.73. The molecular weight excluding hydrogens is 128 g/mol. The Morgan fingerprint density at radius 2 is 2.40 bits per heavy atom. The molecule has 10 heavy (non-hydrogen) atoms. The molecule has 0 saturated carbocycles. The molecule has 1 rings (SSSR count). The summed E-state index contributed by atoms with van der Waals surface area (Å²) in [5.41, 5.74) is 0.977. The Morgan fingerprint density at radius 1 is 1.70 bits per heavy atom. The molecule has 0 aromatic rings. The smallest absolute Gasteiger partial charge is 0.190 e. The zero-order valence-corrected chi connectivity index (χ0v) is 6.31. The van der Waals surface area contributed by atoms with Crippen molar-refractivity contribution in [1.29, 1.82) is 0 Å². The van der Waals surface area contributed by atoms with Gasteiger partial charge in [-0.1, -0.05) is 6.92 Å². The van der Waals surface area contributed by atoms with Gasteiger partial charge in [0.25, 0.3) is 0 Å². The van der Waals surface area contributed by atoms with Crippen molar-refractivity contribution in [2.24, 2.45) is 4.99 Å². The molecule has 1 heterocycles. The van der Waals surface area contributed by atoms with Crippen LogP contribution < -0.4 is 5.32 Å². The number of aliphatic imine (C=N–C) groups is 1. The van der Waals surface area contributed by atoms with Gasteiger partial charge in [-0.2, -0.15) is 0 Å². The molecule has 0 atom stereocenters. The normalized spacial score (nSPS) is 18.4. The molecule has 0 radical (unpaired) electrons. The molecule has 1 aliphatic heterocycles. The molecule has 0 aromatic carbocycles. The molecule has 0 aromatic heterocycles. The first-order valence-electron chi connectivity index (χ1n) is 3.43. The lowest BCUT2D eigenvalue weighted by Gasteiger charge is -2.14. The number of hydrogen-bond donors (Lipinski definition) is 2. The fourth-order valence-corrected chi connectivity index (χ4v) is 0.867. The van der Waals surface area contributed by atoms with Gasteiger partial charge in [-0.25, -0.2) is 0 Å². The van der Waals surface area contributed by atoms with E-state index in [0.717, 1.165) is 17.8 Å². The van der Waals surface area contributed by atoms with E-state index >= 15 is 0 Å². The highest BCUT2D eigenvalue weighted by molar-refractivity contribution is 5.82. The molecule has 56 valence electrons. The van der Waals surface area contributed by atoms with Crippen LogP contribution in [0.4, 0.5) is 0 Å². The van der Waals surface area contributed by atoms with Gasteiger partial charge >= 0.3 is 0 Å². The van der Waals surface area contributed by atoms with Crippen molar-refractivity contribution < 1.29 is 5.11 Å². The summed E-state index contributed by atoms with van der Waals surface area (Å²) in [5, 5.41) is 12.0. The van der Waals surface area contributed by atoms with Gasteiger partial charge in [0.2, 0.25) is 0 Å². The Morgan fingerprint density at radius 3 is 2.90 bits per heavy atom. The highest BCUT2D eigenvalue weighted by atomic mass is 16.3. The Labute approximate surface area is 60.5 Å². The van der Waals surface area contributed by atoms with Crippen LogP contribution in [-0.4, -0.2) is 17.5 Å². The van der Waals surface area contributed by atoms with Crippen LogP contribution in [0.1, 0.15) is 20.3 Å². The minimum atomic E-state index is 0.287. The van der Waals surface area contributed by atoms with Crippen LogP contribution in [0.3, 0.4) is 0 Å². The van der Waals surface area contributed by atoms with Crippen molar-refractivity contribution in [3.63, 3.8) is 0 Å². The summed E-state index contributed by atoms with van der Waals surface area (Å²) in [6, 6.07) is 0. The molecule has 1 aliphatic rings. The Kier molecular flexibility index (Phi) is 1.94. The number of aliphatic hydroxyl groups is 1. The van der Waals surface area contributed by atoms with Crippen molar-refractivity contribution in [3.8, 4) is 0 Å². The molecule has 0 amide bonds. The van der Waals surface area contributed by atoms with E-state index in [1.807, 2.05) is 13.8 Å². The summed E-state index contributed by atoms with van der Waals surface area (Å²) in [5.74, 6) is 1.07. The fraction of sp³-hybridized carbons (Fsp3) is 0.571. The first-order valence-corrected chi connectivity index (χ1v) is 3.43. The molecule has 0 spiro atoms. The van der Waals surface area contributed by atoms with Crippen LogP contribution in [0.5, 0.6) is 0 Å². The zero-order valence-electron chi connectivity index (χ0n) is 6.31. The van der Waals surface area contributed by atoms with E-state index in [4.69, 9.17) is 0 Å². The molecule has 3 nitrogen and oxygen atoms in total. The second-order valence-electron chi connectivity index (χ2n) is 2.33. The van der Waals surface area contributed by atoms with Gasteiger partial charge in [-0.05, 0) is 13.3 Å². The number of amidine groups is 1. The lowest BCUT2D eigenvalue weighted by atomic mass is 10.2. The molecule has 0 saturated heterocycles. The number of rotatable bonds is 1. The average Bonchev–Trinajstić information content (AvgIpc) is 1.88. The van der Waals surface area contributed by atoms with E-state index in [2.05, 4.69) is 10.3 Å². The molecule has 0 bridgehead atoms. The van der Waals surface area contributed by atoms with Crippen LogP contribution in [0.2, 0.25) is 0 Å². The van der Waals surface area contributed by atoms with Gasteiger partial charge in [0.15, 0.2) is 5.88 Å². The van der Waals surface area contributed by atoms with Crippen LogP contribution in [-0.2, 0) is 0 Å². The Bertz CT molecular complexity index is 194. The third kappa shape index (κ3) is 1.29. The molecule has 0 unspecified atom stereocenters. The predicted octanol–water partition coefficient (Wildman–Crippen LogP) is 1.19.